The molecule has 1 saturated heterocycles. The van der Waals surface area contributed by atoms with Crippen LogP contribution < -0.4 is 4.74 Å². The Kier molecular flexibility index (Phi) is 4.10. The minimum absolute atomic E-state index is 0.0302. The number of amides is 1. The highest BCUT2D eigenvalue weighted by molar-refractivity contribution is 5.48. The molecule has 1 aliphatic heterocycles. The van der Waals surface area contributed by atoms with E-state index in [2.05, 4.69) is 9.97 Å². The Labute approximate surface area is 113 Å². The van der Waals surface area contributed by atoms with Crippen molar-refractivity contribution in [1.82, 2.24) is 14.9 Å². The molecule has 0 aromatic carbocycles. The van der Waals surface area contributed by atoms with E-state index in [1.807, 2.05) is 6.92 Å². The van der Waals surface area contributed by atoms with Crippen molar-refractivity contribution in [3.63, 3.8) is 0 Å². The molecular formula is C12H14F3N3O2. The average molecular weight is 289 g/mol. The van der Waals surface area contributed by atoms with E-state index in [1.54, 1.807) is 4.90 Å². The zero-order valence-electron chi connectivity index (χ0n) is 10.8. The van der Waals surface area contributed by atoms with Gasteiger partial charge in [-0.1, -0.05) is 0 Å². The molecule has 2 rings (SSSR count). The fourth-order valence-corrected chi connectivity index (χ4v) is 2.12. The Morgan fingerprint density at radius 3 is 2.70 bits per heavy atom. The first kappa shape index (κ1) is 14.5. The van der Waals surface area contributed by atoms with E-state index in [0.29, 0.717) is 19.2 Å². The lowest BCUT2D eigenvalue weighted by molar-refractivity contribution is -0.141. The maximum absolute atomic E-state index is 12.3. The molecule has 0 spiro atoms. The highest BCUT2D eigenvalue weighted by Gasteiger charge is 2.33. The monoisotopic (exact) mass is 289 g/mol. The van der Waals surface area contributed by atoms with Crippen LogP contribution in [-0.2, 0) is 11.0 Å². The number of halogens is 3. The minimum atomic E-state index is -4.52. The summed E-state index contributed by atoms with van der Waals surface area (Å²) in [5.41, 5.74) is -1.06. The van der Waals surface area contributed by atoms with Crippen LogP contribution in [0, 0.1) is 0 Å². The fraction of sp³-hybridized carbons (Fsp3) is 0.583. The minimum Gasteiger partial charge on any atom is -0.471 e. The molecule has 1 aromatic rings. The van der Waals surface area contributed by atoms with Crippen molar-refractivity contribution in [2.24, 2.45) is 0 Å². The molecule has 0 aliphatic carbocycles. The molecule has 1 fully saturated rings. The lowest BCUT2D eigenvalue weighted by Gasteiger charge is -2.36. The van der Waals surface area contributed by atoms with Gasteiger partial charge in [-0.2, -0.15) is 13.2 Å². The Bertz CT molecular complexity index is 464. The summed E-state index contributed by atoms with van der Waals surface area (Å²) in [6.45, 7) is 2.49. The number of rotatable bonds is 3. The van der Waals surface area contributed by atoms with E-state index in [-0.39, 0.29) is 18.0 Å². The smallest absolute Gasteiger partial charge is 0.434 e. The molecular weight excluding hydrogens is 275 g/mol. The molecule has 5 nitrogen and oxygen atoms in total. The van der Waals surface area contributed by atoms with Gasteiger partial charge in [0.25, 0.3) is 0 Å². The zero-order chi connectivity index (χ0) is 14.8. The largest absolute Gasteiger partial charge is 0.471 e. The second kappa shape index (κ2) is 5.64. The van der Waals surface area contributed by atoms with E-state index in [0.717, 1.165) is 19.0 Å². The molecule has 0 saturated carbocycles. The number of carbonyl (C=O) groups excluding carboxylic acids is 1. The third-order valence-corrected chi connectivity index (χ3v) is 3.29. The first-order valence-corrected chi connectivity index (χ1v) is 6.18. The summed E-state index contributed by atoms with van der Waals surface area (Å²) >= 11 is 0. The van der Waals surface area contributed by atoms with Crippen LogP contribution in [0.5, 0.6) is 5.88 Å². The lowest BCUT2D eigenvalue weighted by atomic mass is 10.0. The number of ether oxygens (including phenoxy) is 1. The zero-order valence-corrected chi connectivity index (χ0v) is 10.8. The topological polar surface area (TPSA) is 55.3 Å². The Balaban J connectivity index is 2.04. The molecule has 0 N–H and O–H groups in total. The highest BCUT2D eigenvalue weighted by atomic mass is 19.4. The molecule has 1 amide bonds. The predicted molar refractivity (Wildman–Crippen MR) is 62.9 cm³/mol. The second-order valence-corrected chi connectivity index (χ2v) is 4.62. The van der Waals surface area contributed by atoms with E-state index in [9.17, 15) is 18.0 Å². The number of piperidine rings is 1. The van der Waals surface area contributed by atoms with E-state index >= 15 is 0 Å². The molecule has 1 aliphatic rings. The number of alkyl halides is 3. The normalized spacial score (nSPS) is 23.5. The number of likely N-dealkylation sites (tertiary alicyclic amines) is 1. The van der Waals surface area contributed by atoms with E-state index in [1.165, 1.54) is 0 Å². The van der Waals surface area contributed by atoms with E-state index in [4.69, 9.17) is 4.74 Å². The molecule has 2 atom stereocenters. The second-order valence-electron chi connectivity index (χ2n) is 4.62. The van der Waals surface area contributed by atoms with Crippen LogP contribution in [0.3, 0.4) is 0 Å². The molecule has 20 heavy (non-hydrogen) atoms. The van der Waals surface area contributed by atoms with Crippen LogP contribution in [0.1, 0.15) is 25.5 Å². The molecule has 0 bridgehead atoms. The van der Waals surface area contributed by atoms with Crippen LogP contribution in [0.25, 0.3) is 0 Å². The van der Waals surface area contributed by atoms with Gasteiger partial charge in [0.2, 0.25) is 12.3 Å². The summed E-state index contributed by atoms with van der Waals surface area (Å²) in [4.78, 5) is 19.3. The summed E-state index contributed by atoms with van der Waals surface area (Å²) in [7, 11) is 0. The average Bonchev–Trinajstić information content (AvgIpc) is 2.41. The molecule has 8 heteroatoms. The Morgan fingerprint density at radius 1 is 1.40 bits per heavy atom. The van der Waals surface area contributed by atoms with Crippen molar-refractivity contribution < 1.29 is 22.7 Å². The van der Waals surface area contributed by atoms with Crippen molar-refractivity contribution >= 4 is 6.41 Å². The third-order valence-electron chi connectivity index (χ3n) is 3.29. The quantitative estimate of drug-likeness (QED) is 0.797. The van der Waals surface area contributed by atoms with Crippen molar-refractivity contribution in [3.8, 4) is 5.88 Å². The van der Waals surface area contributed by atoms with Gasteiger partial charge in [-0.25, -0.2) is 9.97 Å². The van der Waals surface area contributed by atoms with Gasteiger partial charge in [0.05, 0.1) is 18.4 Å². The Morgan fingerprint density at radius 2 is 2.15 bits per heavy atom. The van der Waals surface area contributed by atoms with Crippen LogP contribution in [-0.4, -0.2) is 40.0 Å². The van der Waals surface area contributed by atoms with Crippen molar-refractivity contribution in [2.75, 3.05) is 6.54 Å². The summed E-state index contributed by atoms with van der Waals surface area (Å²) in [5, 5.41) is 0. The van der Waals surface area contributed by atoms with Gasteiger partial charge in [-0.15, -0.1) is 0 Å². The number of carbonyl (C=O) groups is 1. The third kappa shape index (κ3) is 3.17. The summed E-state index contributed by atoms with van der Waals surface area (Å²) in [5.74, 6) is 0.0302. The number of aromatic nitrogens is 2. The van der Waals surface area contributed by atoms with Gasteiger partial charge in [0, 0.05) is 6.54 Å². The van der Waals surface area contributed by atoms with Gasteiger partial charge in [0.15, 0.2) is 5.69 Å². The first-order chi connectivity index (χ1) is 9.41. The van der Waals surface area contributed by atoms with Crippen LogP contribution >= 0.6 is 0 Å². The summed E-state index contributed by atoms with van der Waals surface area (Å²) in [6.07, 6.45) is -0.970. The predicted octanol–water partition coefficient (Wildman–Crippen LogP) is 1.88. The van der Waals surface area contributed by atoms with Crippen molar-refractivity contribution in [3.05, 3.63) is 18.1 Å². The van der Waals surface area contributed by atoms with Gasteiger partial charge in [0.1, 0.15) is 6.10 Å². The maximum atomic E-state index is 12.3. The first-order valence-electron chi connectivity index (χ1n) is 6.18. The number of nitrogens with zero attached hydrogens (tertiary/aromatic N) is 3. The van der Waals surface area contributed by atoms with Gasteiger partial charge >= 0.3 is 6.18 Å². The molecule has 0 unspecified atom stereocenters. The molecule has 0 radical (unpaired) electrons. The number of hydrogen-bond donors (Lipinski definition) is 0. The van der Waals surface area contributed by atoms with Crippen LogP contribution in [0.15, 0.2) is 12.4 Å². The maximum Gasteiger partial charge on any atom is 0.434 e. The van der Waals surface area contributed by atoms with Crippen LogP contribution in [0.4, 0.5) is 13.2 Å². The molecule has 2 heterocycles. The van der Waals surface area contributed by atoms with Gasteiger partial charge < -0.3 is 9.64 Å². The Hall–Kier alpha value is -1.86. The van der Waals surface area contributed by atoms with Crippen molar-refractivity contribution in [2.45, 2.75) is 38.1 Å². The lowest BCUT2D eigenvalue weighted by Crippen LogP contribution is -2.48. The van der Waals surface area contributed by atoms with Crippen LogP contribution in [0.2, 0.25) is 0 Å². The SMILES string of the molecule is C[C@H]1[C@H](Oc2cnc(C(F)(F)F)cn2)CCCN1C=O. The molecule has 110 valence electrons. The van der Waals surface area contributed by atoms with Crippen molar-refractivity contribution in [1.29, 1.82) is 0 Å². The molecule has 1 aromatic heterocycles. The van der Waals surface area contributed by atoms with Gasteiger partial charge in [-0.3, -0.25) is 4.79 Å². The standard InChI is InChI=1S/C12H14F3N3O2/c1-8-9(3-2-4-18(8)7-19)20-11-6-16-10(5-17-11)12(13,14)15/h5-9H,2-4H2,1H3/t8-,9+/m0/s1. The highest BCUT2D eigenvalue weighted by Crippen LogP contribution is 2.27. The summed E-state index contributed by atoms with van der Waals surface area (Å²) in [6, 6.07) is -0.148. The fourth-order valence-electron chi connectivity index (χ4n) is 2.12. The van der Waals surface area contributed by atoms with E-state index < -0.39 is 11.9 Å². The van der Waals surface area contributed by atoms with Gasteiger partial charge in [-0.05, 0) is 19.8 Å². The summed E-state index contributed by atoms with van der Waals surface area (Å²) < 4.78 is 42.6. The number of hydrogen-bond acceptors (Lipinski definition) is 4.